The number of phenolic OH excluding ortho intramolecular Hbond substituents is 1. The first-order chi connectivity index (χ1) is 32.2. The molecule has 11 atom stereocenters. The van der Waals surface area contributed by atoms with Gasteiger partial charge in [0.15, 0.2) is 0 Å². The van der Waals surface area contributed by atoms with E-state index in [2.05, 4.69) is 26.6 Å². The van der Waals surface area contributed by atoms with Gasteiger partial charge in [-0.05, 0) is 87.3 Å². The number of carbonyl (C=O) groups is 9. The number of nitrogens with two attached hydrogens (primary N) is 1. The van der Waals surface area contributed by atoms with Crippen molar-refractivity contribution >= 4 is 53.7 Å². The standard InChI is InChI=1S/C46H64N8O14/c1-7-24(2)37-46(66)68-26(4)38(52-40(60)31(48-23-55)18-20-35(47)58)43(63)49-32(17-12-27-8-13-29(57)14-9-27)41(61)50-33-19-21-36(59)54(44(33)64)39(25(3)56)45(65)53(5)34(42(62)51-37)22-28-10-15-30(67-6)16-11-28/h8-11,13-16,23-26,31-34,36-39,56-57,59H,7,12,17-22H2,1-6H3,(H2,47,58)(H,48,55)(H,49,63)(H,50,61)(H,51,62)(H,52,60)/t24-,25+,26-,31-,32-,33-,34+,36+,37+,38-,39+/m1/s1. The first-order valence-corrected chi connectivity index (χ1v) is 22.5. The molecule has 2 aliphatic heterocycles. The van der Waals surface area contributed by atoms with Gasteiger partial charge in [0, 0.05) is 19.9 Å². The Morgan fingerprint density at radius 2 is 1.59 bits per heavy atom. The van der Waals surface area contributed by atoms with Crippen LogP contribution in [-0.2, 0) is 60.7 Å². The van der Waals surface area contributed by atoms with E-state index in [1.807, 2.05) is 0 Å². The zero-order valence-corrected chi connectivity index (χ0v) is 39.0. The number of fused-ring (bicyclic) bond motifs is 2. The number of rotatable bonds is 16. The number of aliphatic hydroxyl groups excluding tert-OH is 2. The smallest absolute Gasteiger partial charge is 0.329 e. The van der Waals surface area contributed by atoms with Crippen LogP contribution in [0.4, 0.5) is 0 Å². The monoisotopic (exact) mass is 952 g/mol. The number of cyclic esters (lactones) is 1. The van der Waals surface area contributed by atoms with E-state index in [4.69, 9.17) is 15.2 Å². The Morgan fingerprint density at radius 3 is 2.18 bits per heavy atom. The normalized spacial score (nSPS) is 25.7. The fraction of sp³-hybridized carbons (Fsp3) is 0.543. The number of phenols is 1. The van der Waals surface area contributed by atoms with Crippen LogP contribution >= 0.6 is 0 Å². The molecule has 2 aliphatic rings. The zero-order valence-electron chi connectivity index (χ0n) is 39.0. The van der Waals surface area contributed by atoms with Gasteiger partial charge in [0.2, 0.25) is 47.8 Å². The van der Waals surface area contributed by atoms with Gasteiger partial charge in [-0.25, -0.2) is 4.79 Å². The number of methoxy groups -OCH3 is 1. The second-order valence-electron chi connectivity index (χ2n) is 17.2. The molecule has 0 saturated carbocycles. The first kappa shape index (κ1) is 53.8. The lowest BCUT2D eigenvalue weighted by atomic mass is 9.96. The number of nitrogens with one attached hydrogen (secondary N) is 5. The number of aliphatic hydroxyl groups is 2. The molecule has 2 saturated heterocycles. The van der Waals surface area contributed by atoms with Crippen molar-refractivity contribution in [3.05, 3.63) is 59.7 Å². The van der Waals surface area contributed by atoms with Crippen LogP contribution in [0.15, 0.2) is 48.5 Å². The lowest BCUT2D eigenvalue weighted by molar-refractivity contribution is -0.170. The molecule has 8 amide bonds. The van der Waals surface area contributed by atoms with Gasteiger partial charge in [0.05, 0.1) is 13.2 Å². The molecule has 0 aliphatic carbocycles. The number of likely N-dealkylation sites (N-methyl/N-ethyl adjacent to an activating group) is 1. The summed E-state index contributed by atoms with van der Waals surface area (Å²) < 4.78 is 11.1. The van der Waals surface area contributed by atoms with Crippen LogP contribution < -0.4 is 37.1 Å². The highest BCUT2D eigenvalue weighted by Crippen LogP contribution is 2.25. The topological polar surface area (TPSA) is 325 Å². The highest BCUT2D eigenvalue weighted by atomic mass is 16.5. The van der Waals surface area contributed by atoms with Gasteiger partial charge in [0.25, 0.3) is 0 Å². The predicted molar refractivity (Wildman–Crippen MR) is 241 cm³/mol. The highest BCUT2D eigenvalue weighted by molar-refractivity contribution is 5.98. The number of hydrogen-bond acceptors (Lipinski definition) is 14. The van der Waals surface area contributed by atoms with Crippen LogP contribution in [0, 0.1) is 5.92 Å². The maximum atomic E-state index is 14.7. The molecule has 372 valence electrons. The van der Waals surface area contributed by atoms with E-state index < -0.39 is 114 Å². The summed E-state index contributed by atoms with van der Waals surface area (Å²) in [5.41, 5.74) is 6.45. The lowest BCUT2D eigenvalue weighted by Gasteiger charge is -2.43. The molecule has 2 aromatic rings. The molecule has 0 spiro atoms. The molecule has 2 bridgehead atoms. The molecule has 68 heavy (non-hydrogen) atoms. The second kappa shape index (κ2) is 24.8. The van der Waals surface area contributed by atoms with E-state index in [0.29, 0.717) is 23.3 Å². The lowest BCUT2D eigenvalue weighted by Crippen LogP contribution is -2.67. The number of ether oxygens (including phenoxy) is 2. The van der Waals surface area contributed by atoms with Gasteiger partial charge in [-0.1, -0.05) is 44.5 Å². The number of piperidine rings is 1. The van der Waals surface area contributed by atoms with Crippen molar-refractivity contribution < 1.29 is 67.9 Å². The number of amides is 8. The van der Waals surface area contributed by atoms with Crippen molar-refractivity contribution in [1.29, 1.82) is 0 Å². The Hall–Kier alpha value is -6.81. The maximum absolute atomic E-state index is 14.7. The second-order valence-corrected chi connectivity index (χ2v) is 17.2. The number of aromatic hydroxyl groups is 1. The molecular formula is C46H64N8O14. The summed E-state index contributed by atoms with van der Waals surface area (Å²) in [6.45, 7) is 5.87. The van der Waals surface area contributed by atoms with E-state index in [9.17, 15) is 58.5 Å². The average molecular weight is 953 g/mol. The minimum absolute atomic E-state index is 0.0299. The summed E-state index contributed by atoms with van der Waals surface area (Å²) in [5.74, 6) is -7.79. The highest BCUT2D eigenvalue weighted by Gasteiger charge is 2.47. The average Bonchev–Trinajstić information content (AvgIpc) is 3.30. The molecule has 4 rings (SSSR count). The summed E-state index contributed by atoms with van der Waals surface area (Å²) in [4.78, 5) is 125. The maximum Gasteiger partial charge on any atom is 0.329 e. The predicted octanol–water partition coefficient (Wildman–Crippen LogP) is -1.60. The SMILES string of the molecule is CC[C@@H](C)[C@@H]1NC(=O)[C@H](Cc2ccc(OC)cc2)N(C)C(=O)[C@H]([C@H](C)O)N2C(=O)[C@@H](CC[C@@H]2O)NC(=O)[C@@H](CCc2ccc(O)cc2)NC(=O)[C@H](NC(=O)[C@@H](CCC(N)=O)NC=O)[C@@H](C)OC1=O. The summed E-state index contributed by atoms with van der Waals surface area (Å²) >= 11 is 0. The molecular weight excluding hydrogens is 889 g/mol. The molecule has 10 N–H and O–H groups in total. The van der Waals surface area contributed by atoms with Crippen LogP contribution in [0.2, 0.25) is 0 Å². The quantitative estimate of drug-likeness (QED) is 0.0677. The Bertz CT molecular complexity index is 2120. The largest absolute Gasteiger partial charge is 0.508 e. The molecule has 0 unspecified atom stereocenters. The van der Waals surface area contributed by atoms with E-state index in [-0.39, 0.29) is 57.1 Å². The van der Waals surface area contributed by atoms with Crippen molar-refractivity contribution in [3.8, 4) is 11.5 Å². The summed E-state index contributed by atoms with van der Waals surface area (Å²) in [6, 6.07) is 1.78. The number of carbonyl (C=O) groups excluding carboxylic acids is 9. The van der Waals surface area contributed by atoms with Crippen molar-refractivity contribution in [1.82, 2.24) is 36.4 Å². The van der Waals surface area contributed by atoms with Crippen molar-refractivity contribution in [2.45, 2.75) is 140 Å². The molecule has 2 fully saturated rings. The molecule has 2 heterocycles. The van der Waals surface area contributed by atoms with E-state index in [0.717, 1.165) is 9.80 Å². The number of benzene rings is 2. The zero-order chi connectivity index (χ0) is 50.4. The number of nitrogens with zero attached hydrogens (tertiary/aromatic N) is 2. The van der Waals surface area contributed by atoms with Crippen LogP contribution in [0.3, 0.4) is 0 Å². The van der Waals surface area contributed by atoms with Gasteiger partial charge in [-0.2, -0.15) is 0 Å². The van der Waals surface area contributed by atoms with Gasteiger partial charge in [-0.3, -0.25) is 38.4 Å². The minimum Gasteiger partial charge on any atom is -0.508 e. The molecule has 0 radical (unpaired) electrons. The van der Waals surface area contributed by atoms with Gasteiger partial charge < -0.3 is 66.9 Å². The Labute approximate surface area is 394 Å². The Morgan fingerprint density at radius 1 is 0.941 bits per heavy atom. The summed E-state index contributed by atoms with van der Waals surface area (Å²) in [6.07, 6.45) is -5.47. The fourth-order valence-electron chi connectivity index (χ4n) is 8.00. The number of aryl methyl sites for hydroxylation is 1. The van der Waals surface area contributed by atoms with Crippen LogP contribution in [0.1, 0.15) is 77.3 Å². The van der Waals surface area contributed by atoms with Crippen molar-refractivity contribution in [2.24, 2.45) is 11.7 Å². The van der Waals surface area contributed by atoms with Crippen LogP contribution in [-0.4, -0.2) is 154 Å². The number of esters is 1. The number of hydrogen-bond donors (Lipinski definition) is 9. The first-order valence-electron chi connectivity index (χ1n) is 22.5. The van der Waals surface area contributed by atoms with E-state index in [1.165, 1.54) is 40.1 Å². The fourth-order valence-corrected chi connectivity index (χ4v) is 8.00. The molecule has 2 aromatic carbocycles. The Kier molecular flexibility index (Phi) is 19.6. The van der Waals surface area contributed by atoms with Crippen molar-refractivity contribution in [3.63, 3.8) is 0 Å². The third-order valence-corrected chi connectivity index (χ3v) is 12.3. The van der Waals surface area contributed by atoms with E-state index >= 15 is 0 Å². The van der Waals surface area contributed by atoms with Gasteiger partial charge in [-0.15, -0.1) is 0 Å². The van der Waals surface area contributed by atoms with Crippen molar-refractivity contribution in [2.75, 3.05) is 14.2 Å². The summed E-state index contributed by atoms with van der Waals surface area (Å²) in [5, 5.41) is 45.0. The van der Waals surface area contributed by atoms with Crippen LogP contribution in [0.25, 0.3) is 0 Å². The molecule has 22 nitrogen and oxygen atoms in total. The Balaban J connectivity index is 1.88. The van der Waals surface area contributed by atoms with Gasteiger partial charge >= 0.3 is 5.97 Å². The van der Waals surface area contributed by atoms with E-state index in [1.54, 1.807) is 50.2 Å². The third kappa shape index (κ3) is 14.1. The molecule has 0 aromatic heterocycles. The minimum atomic E-state index is -1.81. The number of primary amides is 1. The summed E-state index contributed by atoms with van der Waals surface area (Å²) in [7, 11) is 2.74. The third-order valence-electron chi connectivity index (χ3n) is 12.3. The van der Waals surface area contributed by atoms with Gasteiger partial charge in [0.1, 0.15) is 66.1 Å². The molecule has 22 heteroatoms. The van der Waals surface area contributed by atoms with Crippen LogP contribution in [0.5, 0.6) is 11.5 Å².